The van der Waals surface area contributed by atoms with Crippen LogP contribution in [-0.2, 0) is 16.6 Å². The summed E-state index contributed by atoms with van der Waals surface area (Å²) in [6.45, 7) is 11.1. The zero-order valence-electron chi connectivity index (χ0n) is 18.4. The largest absolute Gasteiger partial charge is 0.386 e. The lowest BCUT2D eigenvalue weighted by Gasteiger charge is -2.61. The van der Waals surface area contributed by atoms with Crippen molar-refractivity contribution in [1.29, 1.82) is 0 Å². The summed E-state index contributed by atoms with van der Waals surface area (Å²) in [6, 6.07) is 8.80. The Morgan fingerprint density at radius 1 is 1.20 bits per heavy atom. The lowest BCUT2D eigenvalue weighted by molar-refractivity contribution is -0.101. The van der Waals surface area contributed by atoms with E-state index in [1.165, 1.54) is 47.9 Å². The standard InChI is InChI=1S/C27H33NO2/c1-15(2)24-22(29)14-19-20-10-9-16-13-18-17-7-5-6-8-21(17)28-25(18)27(16,4)26(20,3)12-11-23(19)30-24/h5-8,14,16,20,22-24,28-29H,1,9-13H2,2-4H3. The van der Waals surface area contributed by atoms with Gasteiger partial charge in [0.15, 0.2) is 0 Å². The molecule has 4 aliphatic rings. The molecule has 2 fully saturated rings. The third-order valence-electron chi connectivity index (χ3n) is 9.53. The van der Waals surface area contributed by atoms with Gasteiger partial charge in [0, 0.05) is 22.0 Å². The molecule has 3 nitrogen and oxygen atoms in total. The molecule has 3 heteroatoms. The molecule has 2 N–H and O–H groups in total. The van der Waals surface area contributed by atoms with E-state index in [0.717, 1.165) is 12.0 Å². The monoisotopic (exact) mass is 403 g/mol. The Labute approximate surface area is 179 Å². The fourth-order valence-electron chi connectivity index (χ4n) is 7.81. The van der Waals surface area contributed by atoms with E-state index in [9.17, 15) is 5.11 Å². The number of aliphatic hydroxyl groups excluding tert-OH is 1. The normalized spacial score (nSPS) is 42.1. The third-order valence-corrected chi connectivity index (χ3v) is 9.53. The molecule has 0 bridgehead atoms. The van der Waals surface area contributed by atoms with Gasteiger partial charge < -0.3 is 14.8 Å². The molecule has 7 atom stereocenters. The van der Waals surface area contributed by atoms with Crippen LogP contribution in [0, 0.1) is 17.3 Å². The Morgan fingerprint density at radius 2 is 2.00 bits per heavy atom. The first-order valence-electron chi connectivity index (χ1n) is 11.6. The number of aromatic nitrogens is 1. The van der Waals surface area contributed by atoms with E-state index in [1.54, 1.807) is 5.56 Å². The van der Waals surface area contributed by atoms with Crippen LogP contribution in [0.2, 0.25) is 0 Å². The van der Waals surface area contributed by atoms with E-state index in [2.05, 4.69) is 55.8 Å². The number of aromatic amines is 1. The van der Waals surface area contributed by atoms with Crippen molar-refractivity contribution in [3.63, 3.8) is 0 Å². The summed E-state index contributed by atoms with van der Waals surface area (Å²) in [7, 11) is 0. The van der Waals surface area contributed by atoms with Gasteiger partial charge >= 0.3 is 0 Å². The second-order valence-corrected chi connectivity index (χ2v) is 10.8. The van der Waals surface area contributed by atoms with Gasteiger partial charge in [-0.25, -0.2) is 0 Å². The van der Waals surface area contributed by atoms with Crippen LogP contribution in [0.15, 0.2) is 48.1 Å². The van der Waals surface area contributed by atoms with Crippen molar-refractivity contribution in [2.75, 3.05) is 0 Å². The fraction of sp³-hybridized carbons (Fsp3) is 0.556. The van der Waals surface area contributed by atoms with Crippen molar-refractivity contribution in [1.82, 2.24) is 4.98 Å². The number of nitrogens with one attached hydrogen (secondary N) is 1. The second kappa shape index (κ2) is 6.11. The van der Waals surface area contributed by atoms with Crippen molar-refractivity contribution >= 4 is 10.9 Å². The average molecular weight is 404 g/mol. The van der Waals surface area contributed by atoms with Crippen molar-refractivity contribution in [2.45, 2.75) is 76.6 Å². The zero-order valence-corrected chi connectivity index (χ0v) is 18.4. The average Bonchev–Trinajstić information content (AvgIpc) is 3.22. The first-order chi connectivity index (χ1) is 14.3. The molecule has 1 aromatic heterocycles. The predicted octanol–water partition coefficient (Wildman–Crippen LogP) is 5.44. The zero-order chi connectivity index (χ0) is 20.8. The van der Waals surface area contributed by atoms with E-state index in [4.69, 9.17) is 4.74 Å². The number of benzene rings is 1. The summed E-state index contributed by atoms with van der Waals surface area (Å²) in [5.74, 6) is 1.16. The molecular weight excluding hydrogens is 370 g/mol. The maximum atomic E-state index is 10.8. The highest BCUT2D eigenvalue weighted by molar-refractivity contribution is 5.86. The van der Waals surface area contributed by atoms with Crippen LogP contribution in [0.5, 0.6) is 0 Å². The molecule has 2 heterocycles. The van der Waals surface area contributed by atoms with Crippen LogP contribution in [0.3, 0.4) is 0 Å². The number of rotatable bonds is 1. The van der Waals surface area contributed by atoms with Gasteiger partial charge in [-0.15, -0.1) is 0 Å². The van der Waals surface area contributed by atoms with Crippen LogP contribution in [0.25, 0.3) is 10.9 Å². The van der Waals surface area contributed by atoms with Crippen molar-refractivity contribution < 1.29 is 9.84 Å². The highest BCUT2D eigenvalue weighted by Gasteiger charge is 2.63. The quantitative estimate of drug-likeness (QED) is 0.623. The molecule has 6 rings (SSSR count). The van der Waals surface area contributed by atoms with E-state index < -0.39 is 6.10 Å². The molecule has 0 spiro atoms. The Morgan fingerprint density at radius 3 is 2.80 bits per heavy atom. The molecule has 2 aromatic rings. The molecule has 0 radical (unpaired) electrons. The topological polar surface area (TPSA) is 45.2 Å². The van der Waals surface area contributed by atoms with E-state index in [-0.39, 0.29) is 23.0 Å². The molecule has 30 heavy (non-hydrogen) atoms. The van der Waals surface area contributed by atoms with E-state index >= 15 is 0 Å². The molecule has 0 amide bonds. The number of H-pyrrole nitrogens is 1. The number of para-hydroxylation sites is 1. The van der Waals surface area contributed by atoms with Crippen LogP contribution in [-0.4, -0.2) is 28.4 Å². The predicted molar refractivity (Wildman–Crippen MR) is 120 cm³/mol. The summed E-state index contributed by atoms with van der Waals surface area (Å²) in [5.41, 5.74) is 6.89. The summed E-state index contributed by atoms with van der Waals surface area (Å²) in [6.07, 6.45) is 7.28. The molecule has 1 aromatic carbocycles. The summed E-state index contributed by atoms with van der Waals surface area (Å²) >= 11 is 0. The smallest absolute Gasteiger partial charge is 0.108 e. The summed E-state index contributed by atoms with van der Waals surface area (Å²) in [4.78, 5) is 3.87. The van der Waals surface area contributed by atoms with Gasteiger partial charge in [0.25, 0.3) is 0 Å². The SMILES string of the molecule is C=C(C)C1OC2CCC3(C)C(CCC4Cc5c([nH]c6ccccc56)C43C)C2=CC1O. The molecule has 3 aliphatic carbocycles. The minimum absolute atomic E-state index is 0.131. The van der Waals surface area contributed by atoms with Gasteiger partial charge in [0.1, 0.15) is 12.2 Å². The third kappa shape index (κ3) is 2.18. The maximum Gasteiger partial charge on any atom is 0.108 e. The lowest BCUT2D eigenvalue weighted by Crippen LogP contribution is -2.58. The maximum absolute atomic E-state index is 10.8. The minimum atomic E-state index is -0.575. The van der Waals surface area contributed by atoms with Gasteiger partial charge in [-0.2, -0.15) is 0 Å². The van der Waals surface area contributed by atoms with Crippen LogP contribution in [0.1, 0.15) is 57.7 Å². The van der Waals surface area contributed by atoms with E-state index in [1.807, 2.05) is 6.92 Å². The van der Waals surface area contributed by atoms with Gasteiger partial charge in [-0.3, -0.25) is 0 Å². The lowest BCUT2D eigenvalue weighted by atomic mass is 9.44. The molecule has 158 valence electrons. The minimum Gasteiger partial charge on any atom is -0.386 e. The number of fused-ring (bicyclic) bond motifs is 9. The first kappa shape index (κ1) is 18.9. The summed E-state index contributed by atoms with van der Waals surface area (Å²) < 4.78 is 6.39. The Kier molecular flexibility index (Phi) is 3.85. The van der Waals surface area contributed by atoms with Crippen molar-refractivity contribution in [3.8, 4) is 0 Å². The molecule has 1 aliphatic heterocycles. The van der Waals surface area contributed by atoms with Gasteiger partial charge in [-0.1, -0.05) is 44.7 Å². The van der Waals surface area contributed by atoms with Gasteiger partial charge in [-0.05, 0) is 79.1 Å². The highest BCUT2D eigenvalue weighted by Crippen LogP contribution is 2.67. The molecule has 7 unspecified atom stereocenters. The molecular formula is C27H33NO2. The highest BCUT2D eigenvalue weighted by atomic mass is 16.5. The first-order valence-corrected chi connectivity index (χ1v) is 11.6. The Balaban J connectivity index is 1.47. The molecule has 2 saturated carbocycles. The van der Waals surface area contributed by atoms with Crippen LogP contribution < -0.4 is 0 Å². The number of ether oxygens (including phenoxy) is 1. The number of aliphatic hydroxyl groups is 1. The van der Waals surface area contributed by atoms with Gasteiger partial charge in [0.2, 0.25) is 0 Å². The number of hydrogen-bond acceptors (Lipinski definition) is 2. The van der Waals surface area contributed by atoms with Crippen molar-refractivity contribution in [2.24, 2.45) is 17.3 Å². The summed E-state index contributed by atoms with van der Waals surface area (Å²) in [5, 5.41) is 12.2. The number of hydrogen-bond donors (Lipinski definition) is 2. The van der Waals surface area contributed by atoms with E-state index in [0.29, 0.717) is 11.8 Å². The van der Waals surface area contributed by atoms with Gasteiger partial charge in [0.05, 0.1) is 6.10 Å². The second-order valence-electron chi connectivity index (χ2n) is 10.8. The van der Waals surface area contributed by atoms with Crippen LogP contribution >= 0.6 is 0 Å². The Hall–Kier alpha value is -1.84. The van der Waals surface area contributed by atoms with Crippen LogP contribution in [0.4, 0.5) is 0 Å². The fourth-order valence-corrected chi connectivity index (χ4v) is 7.81. The Bertz CT molecular complexity index is 1080. The van der Waals surface area contributed by atoms with Crippen molar-refractivity contribution in [3.05, 3.63) is 59.3 Å². The molecule has 0 saturated heterocycles.